The molecule has 0 aromatic carbocycles. The monoisotopic (exact) mass is 1150 g/mol. The fourth-order valence-electron chi connectivity index (χ4n) is 3.71. The van der Waals surface area contributed by atoms with E-state index in [9.17, 15) is 104 Å². The highest BCUT2D eigenvalue weighted by Crippen LogP contribution is 2.32. The summed E-state index contributed by atoms with van der Waals surface area (Å²) in [5.41, 5.74) is -1.52. The molecule has 0 saturated carbocycles. The molecule has 0 N–H and O–H groups in total. The summed E-state index contributed by atoms with van der Waals surface area (Å²) in [6.45, 7) is 13.5. The largest absolute Gasteiger partial charge is 0.462 e. The van der Waals surface area contributed by atoms with Crippen LogP contribution < -0.4 is 0 Å². The lowest BCUT2D eigenvalue weighted by Crippen LogP contribution is -2.36. The molecule has 0 aliphatic carbocycles. The third kappa shape index (κ3) is 36.6. The summed E-state index contributed by atoms with van der Waals surface area (Å²) in [6, 6.07) is 0. The molecular weight excluding hydrogens is 1080 g/mol. The molecule has 0 radical (unpaired) electrons. The summed E-state index contributed by atoms with van der Waals surface area (Å²) >= 11 is 0. The molecule has 0 aromatic heterocycles. The van der Waals surface area contributed by atoms with Crippen LogP contribution in [0.4, 0.5) is 65.9 Å². The smallest absolute Gasteiger partial charge is 0.395 e. The first-order chi connectivity index (χ1) is 34.3. The highest BCUT2D eigenvalue weighted by molar-refractivity contribution is 5.79. The van der Waals surface area contributed by atoms with Crippen molar-refractivity contribution in [1.29, 1.82) is 0 Å². The van der Waals surface area contributed by atoms with Gasteiger partial charge in [-0.2, -0.15) is 48.3 Å². The van der Waals surface area contributed by atoms with E-state index < -0.39 is 154 Å². The van der Waals surface area contributed by atoms with Gasteiger partial charge in [-0.05, 0) is 53.4 Å². The van der Waals surface area contributed by atoms with Gasteiger partial charge in [0, 0.05) is 6.92 Å². The summed E-state index contributed by atoms with van der Waals surface area (Å²) < 4.78 is 219. The number of alkyl halides is 15. The Bertz CT molecular complexity index is 1770. The SMILES string of the molecule is CCC(C)(C)C(=O)OCCOC(=O)C(F)(F)CC(F)(F)F.CCC(C)(C)C(=O)OCCOC(=O)C(F)(F)CC(F)F.CCC(C)C(=O)OCCOC(=O)C(C)(F)F.CCC(C)C(=O)OCCOC(=O)C(F)(F)CC(F)F. The first kappa shape index (κ1) is 77.2. The Morgan fingerprint density at radius 3 is 0.829 bits per heavy atom. The molecule has 0 fully saturated rings. The predicted octanol–water partition coefficient (Wildman–Crippen LogP) is 10.1. The molecule has 0 bridgehead atoms. The minimum absolute atomic E-state index is 0.203. The van der Waals surface area contributed by atoms with Crippen LogP contribution in [0.25, 0.3) is 0 Å². The van der Waals surface area contributed by atoms with Crippen LogP contribution >= 0.6 is 0 Å². The van der Waals surface area contributed by atoms with Gasteiger partial charge in [-0.25, -0.2) is 36.7 Å². The second-order valence-corrected chi connectivity index (χ2v) is 17.2. The molecule has 0 aromatic rings. The Labute approximate surface area is 428 Å². The van der Waals surface area contributed by atoms with Crippen molar-refractivity contribution >= 4 is 47.8 Å². The van der Waals surface area contributed by atoms with E-state index >= 15 is 0 Å². The maximum atomic E-state index is 12.8. The fraction of sp³-hybridized carbons (Fsp3) is 0.822. The van der Waals surface area contributed by atoms with Crippen molar-refractivity contribution in [3.05, 3.63) is 0 Å². The van der Waals surface area contributed by atoms with Gasteiger partial charge >= 0.3 is 77.6 Å². The van der Waals surface area contributed by atoms with Crippen LogP contribution in [0.15, 0.2) is 0 Å². The van der Waals surface area contributed by atoms with Gasteiger partial charge in [0.1, 0.15) is 59.3 Å². The Morgan fingerprint density at radius 1 is 0.368 bits per heavy atom. The quantitative estimate of drug-likeness (QED) is 0.0295. The third-order valence-electron chi connectivity index (χ3n) is 9.62. The van der Waals surface area contributed by atoms with Gasteiger partial charge in [-0.3, -0.25) is 19.2 Å². The zero-order valence-electron chi connectivity index (χ0n) is 43.6. The number of halogens is 15. The lowest BCUT2D eigenvalue weighted by molar-refractivity contribution is -0.209. The van der Waals surface area contributed by atoms with E-state index in [2.05, 4.69) is 28.4 Å². The molecule has 76 heavy (non-hydrogen) atoms. The maximum absolute atomic E-state index is 12.8. The molecule has 0 rings (SSSR count). The van der Waals surface area contributed by atoms with E-state index in [1.165, 1.54) is 0 Å². The Kier molecular flexibility index (Phi) is 36.5. The number of ether oxygens (including phenoxy) is 8. The van der Waals surface area contributed by atoms with Gasteiger partial charge < -0.3 is 37.9 Å². The van der Waals surface area contributed by atoms with Gasteiger partial charge in [0.25, 0.3) is 0 Å². The average Bonchev–Trinajstić information content (AvgIpc) is 3.29. The first-order valence-corrected chi connectivity index (χ1v) is 22.8. The molecule has 2 unspecified atom stereocenters. The second kappa shape index (κ2) is 35.9. The molecule has 0 aliphatic rings. The Balaban J connectivity index is -0.000000457. The molecule has 0 heterocycles. The van der Waals surface area contributed by atoms with Crippen LogP contribution in [-0.4, -0.2) is 143 Å². The second-order valence-electron chi connectivity index (χ2n) is 17.2. The number of rotatable bonds is 29. The lowest BCUT2D eigenvalue weighted by atomic mass is 9.91. The number of hydrogen-bond acceptors (Lipinski definition) is 16. The topological polar surface area (TPSA) is 210 Å². The number of carbonyl (C=O) groups is 8. The van der Waals surface area contributed by atoms with Crippen LogP contribution in [0.5, 0.6) is 0 Å². The van der Waals surface area contributed by atoms with Crippen molar-refractivity contribution in [2.45, 2.75) is 164 Å². The third-order valence-corrected chi connectivity index (χ3v) is 9.62. The summed E-state index contributed by atoms with van der Waals surface area (Å²) in [7, 11) is 0. The molecule has 0 saturated heterocycles. The Hall–Kier alpha value is -5.29. The first-order valence-electron chi connectivity index (χ1n) is 22.8. The molecule has 448 valence electrons. The molecular formula is C45H67F15O16. The standard InChI is InChI=1S/C12H17F5O4.C12H18F4O4.C11H16F4O4.C10H16F2O4/c1-4-10(2,3)8(18)20-5-6-21-9(19)11(13,14)7-12(15,16)17;1-4-11(2,3)9(17)19-5-6-20-10(18)12(15,16)7-8(13)14;1-3-7(2)9(16)18-4-5-19-10(17)11(14,15)6-8(12)13;1-4-7(2)8(13)15-5-6-16-9(14)10(3,11)12/h4-7H2,1-3H3;8H,4-7H2,1-3H3;7-8H,3-6H2,1-2H3;7H,4-6H2,1-3H3. The van der Waals surface area contributed by atoms with Crippen molar-refractivity contribution in [1.82, 2.24) is 0 Å². The predicted molar refractivity (Wildman–Crippen MR) is 232 cm³/mol. The van der Waals surface area contributed by atoms with Crippen LogP contribution in [-0.2, 0) is 76.3 Å². The molecule has 0 spiro atoms. The van der Waals surface area contributed by atoms with E-state index in [1.807, 2.05) is 6.92 Å². The summed E-state index contributed by atoms with van der Waals surface area (Å²) in [6.07, 6.45) is -16.1. The van der Waals surface area contributed by atoms with Crippen molar-refractivity contribution in [2.24, 2.45) is 22.7 Å². The highest BCUT2D eigenvalue weighted by Gasteiger charge is 2.51. The lowest BCUT2D eigenvalue weighted by Gasteiger charge is -2.20. The van der Waals surface area contributed by atoms with E-state index in [-0.39, 0.29) is 31.7 Å². The molecule has 2 atom stereocenters. The average molecular weight is 1150 g/mol. The van der Waals surface area contributed by atoms with E-state index in [0.29, 0.717) is 32.6 Å². The zero-order chi connectivity index (χ0) is 60.7. The van der Waals surface area contributed by atoms with Gasteiger partial charge in [0.05, 0.1) is 35.5 Å². The number of esters is 8. The highest BCUT2D eigenvalue weighted by atomic mass is 19.4. The van der Waals surface area contributed by atoms with Crippen molar-refractivity contribution in [2.75, 3.05) is 52.9 Å². The van der Waals surface area contributed by atoms with Crippen LogP contribution in [0.2, 0.25) is 0 Å². The van der Waals surface area contributed by atoms with Crippen LogP contribution in [0.1, 0.15) is 121 Å². The van der Waals surface area contributed by atoms with Crippen molar-refractivity contribution in [3.63, 3.8) is 0 Å². The zero-order valence-corrected chi connectivity index (χ0v) is 43.6. The van der Waals surface area contributed by atoms with Gasteiger partial charge in [-0.15, -0.1) is 0 Å². The van der Waals surface area contributed by atoms with Crippen molar-refractivity contribution < 1.29 is 142 Å². The van der Waals surface area contributed by atoms with E-state index in [4.69, 9.17) is 9.47 Å². The molecule has 16 nitrogen and oxygen atoms in total. The summed E-state index contributed by atoms with van der Waals surface area (Å²) in [5, 5.41) is 0. The minimum Gasteiger partial charge on any atom is -0.462 e. The van der Waals surface area contributed by atoms with Gasteiger partial charge in [0.15, 0.2) is 0 Å². The maximum Gasteiger partial charge on any atom is 0.395 e. The fourth-order valence-corrected chi connectivity index (χ4v) is 3.71. The minimum atomic E-state index is -5.19. The van der Waals surface area contributed by atoms with Crippen LogP contribution in [0.3, 0.4) is 0 Å². The number of carbonyl (C=O) groups excluding carboxylic acids is 8. The molecule has 31 heteroatoms. The molecule has 0 amide bonds. The number of hydrogen-bond donors (Lipinski definition) is 0. The summed E-state index contributed by atoms with van der Waals surface area (Å²) in [5.74, 6) is -27.4. The van der Waals surface area contributed by atoms with Crippen molar-refractivity contribution in [3.8, 4) is 0 Å². The normalized spacial score (nSPS) is 12.9. The van der Waals surface area contributed by atoms with Crippen LogP contribution in [0, 0.1) is 22.7 Å². The van der Waals surface area contributed by atoms with E-state index in [1.54, 1.807) is 62.3 Å². The van der Waals surface area contributed by atoms with E-state index in [0.717, 1.165) is 0 Å². The summed E-state index contributed by atoms with van der Waals surface area (Å²) in [4.78, 5) is 88.2. The molecule has 0 aliphatic heterocycles. The Morgan fingerprint density at radius 2 is 0.605 bits per heavy atom. The van der Waals surface area contributed by atoms with Gasteiger partial charge in [-0.1, -0.05) is 41.5 Å². The van der Waals surface area contributed by atoms with Gasteiger partial charge in [0.2, 0.25) is 12.9 Å².